The number of aromatic nitrogens is 5. The molecule has 0 aliphatic rings. The van der Waals surface area contributed by atoms with E-state index in [9.17, 15) is 18.0 Å². The smallest absolute Gasteiger partial charge is 0.397 e. The van der Waals surface area contributed by atoms with Gasteiger partial charge in [0, 0.05) is 22.2 Å². The predicted octanol–water partition coefficient (Wildman–Crippen LogP) is 4.35. The molecule has 11 heteroatoms. The SMILES string of the molecule is Nc1c(-c2ccc3nncn3c2)c(=O)n(-c2ccc(Cl)cc2)c2nc(C(F)(F)F)ccc12. The van der Waals surface area contributed by atoms with Crippen LogP contribution in [0.1, 0.15) is 5.69 Å². The molecular formula is C21H12ClF3N6O. The van der Waals surface area contributed by atoms with Crippen molar-refractivity contribution >= 4 is 34.0 Å². The van der Waals surface area contributed by atoms with Gasteiger partial charge in [0.1, 0.15) is 17.7 Å². The van der Waals surface area contributed by atoms with Gasteiger partial charge in [-0.05, 0) is 48.5 Å². The average Bonchev–Trinajstić information content (AvgIpc) is 3.22. The number of halogens is 4. The Bertz CT molecular complexity index is 1560. The molecular weight excluding hydrogens is 445 g/mol. The van der Waals surface area contributed by atoms with E-state index in [1.165, 1.54) is 36.7 Å². The number of nitrogens with zero attached hydrogens (tertiary/aromatic N) is 5. The van der Waals surface area contributed by atoms with Crippen molar-refractivity contribution < 1.29 is 13.2 Å². The molecule has 0 aliphatic carbocycles. The number of fused-ring (bicyclic) bond motifs is 2. The Morgan fingerprint density at radius 2 is 1.75 bits per heavy atom. The number of alkyl halides is 3. The van der Waals surface area contributed by atoms with E-state index in [4.69, 9.17) is 17.3 Å². The lowest BCUT2D eigenvalue weighted by atomic mass is 10.0. The highest BCUT2D eigenvalue weighted by atomic mass is 35.5. The molecule has 4 heterocycles. The van der Waals surface area contributed by atoms with Crippen molar-refractivity contribution in [2.45, 2.75) is 6.18 Å². The minimum absolute atomic E-state index is 0.0175. The molecule has 160 valence electrons. The number of nitrogen functional groups attached to an aromatic ring is 1. The van der Waals surface area contributed by atoms with Crippen molar-refractivity contribution in [2.75, 3.05) is 5.73 Å². The van der Waals surface area contributed by atoms with Crippen LogP contribution in [0.2, 0.25) is 5.02 Å². The van der Waals surface area contributed by atoms with Crippen molar-refractivity contribution in [3.05, 3.63) is 82.1 Å². The lowest BCUT2D eigenvalue weighted by Gasteiger charge is -2.17. The fourth-order valence-corrected chi connectivity index (χ4v) is 3.65. The topological polar surface area (TPSA) is 91.1 Å². The maximum absolute atomic E-state index is 13.6. The van der Waals surface area contributed by atoms with Gasteiger partial charge in [0.15, 0.2) is 5.65 Å². The lowest BCUT2D eigenvalue weighted by Crippen LogP contribution is -2.24. The van der Waals surface area contributed by atoms with Gasteiger partial charge in [-0.2, -0.15) is 13.2 Å². The van der Waals surface area contributed by atoms with E-state index < -0.39 is 17.4 Å². The molecule has 0 fully saturated rings. The molecule has 0 radical (unpaired) electrons. The fourth-order valence-electron chi connectivity index (χ4n) is 3.53. The van der Waals surface area contributed by atoms with Crippen LogP contribution < -0.4 is 11.3 Å². The van der Waals surface area contributed by atoms with Gasteiger partial charge in [0.05, 0.1) is 16.9 Å². The summed E-state index contributed by atoms with van der Waals surface area (Å²) >= 11 is 5.95. The summed E-state index contributed by atoms with van der Waals surface area (Å²) in [5, 5.41) is 8.34. The summed E-state index contributed by atoms with van der Waals surface area (Å²) in [5.74, 6) is 0. The van der Waals surface area contributed by atoms with Crippen LogP contribution in [0.5, 0.6) is 0 Å². The molecule has 4 aromatic heterocycles. The van der Waals surface area contributed by atoms with Gasteiger partial charge < -0.3 is 5.73 Å². The molecule has 0 saturated heterocycles. The zero-order valence-corrected chi connectivity index (χ0v) is 16.8. The van der Waals surface area contributed by atoms with Gasteiger partial charge >= 0.3 is 6.18 Å². The van der Waals surface area contributed by atoms with E-state index in [-0.39, 0.29) is 22.3 Å². The molecule has 0 unspecified atom stereocenters. The molecule has 0 atom stereocenters. The summed E-state index contributed by atoms with van der Waals surface area (Å²) in [6, 6.07) is 11.5. The summed E-state index contributed by atoms with van der Waals surface area (Å²) in [4.78, 5) is 17.4. The van der Waals surface area contributed by atoms with Gasteiger partial charge in [0.25, 0.3) is 5.56 Å². The number of anilines is 1. The number of nitrogens with two attached hydrogens (primary N) is 1. The third-order valence-electron chi connectivity index (χ3n) is 5.02. The molecule has 0 aliphatic heterocycles. The molecule has 0 amide bonds. The van der Waals surface area contributed by atoms with E-state index >= 15 is 0 Å². The summed E-state index contributed by atoms with van der Waals surface area (Å²) < 4.78 is 42.8. The molecule has 1 aromatic carbocycles. The van der Waals surface area contributed by atoms with Gasteiger partial charge in [-0.25, -0.2) is 4.98 Å². The minimum atomic E-state index is -4.69. The van der Waals surface area contributed by atoms with Crippen LogP contribution in [-0.4, -0.2) is 24.1 Å². The van der Waals surface area contributed by atoms with Crippen molar-refractivity contribution in [2.24, 2.45) is 0 Å². The molecule has 0 spiro atoms. The molecule has 32 heavy (non-hydrogen) atoms. The molecule has 5 aromatic rings. The first kappa shape index (κ1) is 20.0. The molecule has 7 nitrogen and oxygen atoms in total. The molecule has 2 N–H and O–H groups in total. The summed E-state index contributed by atoms with van der Waals surface area (Å²) in [6.45, 7) is 0. The zero-order chi connectivity index (χ0) is 22.6. The fraction of sp³-hybridized carbons (Fsp3) is 0.0476. The first-order valence-corrected chi connectivity index (χ1v) is 9.60. The van der Waals surface area contributed by atoms with Crippen LogP contribution in [-0.2, 0) is 6.18 Å². The summed E-state index contributed by atoms with van der Waals surface area (Å²) in [7, 11) is 0. The number of pyridine rings is 3. The first-order valence-electron chi connectivity index (χ1n) is 9.22. The normalized spacial score (nSPS) is 12.0. The largest absolute Gasteiger partial charge is 0.433 e. The zero-order valence-electron chi connectivity index (χ0n) is 16.0. The average molecular weight is 457 g/mol. The van der Waals surface area contributed by atoms with Gasteiger partial charge in [-0.15, -0.1) is 10.2 Å². The van der Waals surface area contributed by atoms with E-state index in [0.29, 0.717) is 21.9 Å². The highest BCUT2D eigenvalue weighted by Crippen LogP contribution is 2.34. The van der Waals surface area contributed by atoms with Crippen molar-refractivity contribution in [1.82, 2.24) is 24.1 Å². The Hall–Kier alpha value is -3.92. The van der Waals surface area contributed by atoms with E-state index in [2.05, 4.69) is 15.2 Å². The molecule has 0 saturated carbocycles. The number of benzene rings is 1. The highest BCUT2D eigenvalue weighted by molar-refractivity contribution is 6.30. The monoisotopic (exact) mass is 456 g/mol. The van der Waals surface area contributed by atoms with Crippen LogP contribution in [0.15, 0.2) is 65.8 Å². The standard InChI is InChI=1S/C21H12ClF3N6O/c22-12-2-4-13(5-3-12)31-19-14(6-7-15(28-19)21(23,24)25)18(26)17(20(31)32)11-1-8-16-29-27-10-30(16)9-11/h1-10H,26H2. The Morgan fingerprint density at radius 1 is 1.00 bits per heavy atom. The Kier molecular flexibility index (Phi) is 4.41. The van der Waals surface area contributed by atoms with Crippen LogP contribution in [0.4, 0.5) is 18.9 Å². The lowest BCUT2D eigenvalue weighted by molar-refractivity contribution is -0.141. The predicted molar refractivity (Wildman–Crippen MR) is 114 cm³/mol. The first-order chi connectivity index (χ1) is 15.2. The van der Waals surface area contributed by atoms with E-state index in [1.807, 2.05) is 0 Å². The molecule has 5 rings (SSSR count). The van der Waals surface area contributed by atoms with Crippen LogP contribution >= 0.6 is 11.6 Å². The van der Waals surface area contributed by atoms with Gasteiger partial charge in [-0.1, -0.05) is 11.6 Å². The summed E-state index contributed by atoms with van der Waals surface area (Å²) in [6.07, 6.45) is -1.61. The van der Waals surface area contributed by atoms with Crippen LogP contribution in [0.3, 0.4) is 0 Å². The highest BCUT2D eigenvalue weighted by Gasteiger charge is 2.33. The minimum Gasteiger partial charge on any atom is -0.397 e. The second-order valence-electron chi connectivity index (χ2n) is 6.99. The third-order valence-corrected chi connectivity index (χ3v) is 5.27. The second-order valence-corrected chi connectivity index (χ2v) is 7.42. The van der Waals surface area contributed by atoms with Crippen molar-refractivity contribution in [1.29, 1.82) is 0 Å². The van der Waals surface area contributed by atoms with Crippen LogP contribution in [0.25, 0.3) is 33.5 Å². The van der Waals surface area contributed by atoms with Gasteiger partial charge in [0.2, 0.25) is 0 Å². The van der Waals surface area contributed by atoms with Gasteiger partial charge in [-0.3, -0.25) is 13.8 Å². The quantitative estimate of drug-likeness (QED) is 0.426. The van der Waals surface area contributed by atoms with Crippen molar-refractivity contribution in [3.8, 4) is 16.8 Å². The maximum Gasteiger partial charge on any atom is 0.433 e. The van der Waals surface area contributed by atoms with E-state index in [1.54, 1.807) is 22.7 Å². The van der Waals surface area contributed by atoms with E-state index in [0.717, 1.165) is 10.6 Å². The number of rotatable bonds is 2. The Morgan fingerprint density at radius 3 is 2.47 bits per heavy atom. The maximum atomic E-state index is 13.6. The third kappa shape index (κ3) is 3.16. The number of hydrogen-bond acceptors (Lipinski definition) is 5. The second kappa shape index (κ2) is 7.06. The van der Waals surface area contributed by atoms with Crippen LogP contribution in [0, 0.1) is 0 Å². The Labute approximate surface area is 182 Å². The number of hydrogen-bond donors (Lipinski definition) is 1. The summed E-state index contributed by atoms with van der Waals surface area (Å²) in [5.41, 5.74) is 5.77. The van der Waals surface area contributed by atoms with Crippen molar-refractivity contribution in [3.63, 3.8) is 0 Å². The Balaban J connectivity index is 1.90. The molecule has 0 bridgehead atoms.